The van der Waals surface area contributed by atoms with Crippen LogP contribution in [-0.2, 0) is 8.92 Å². The molecule has 4 nitrogen and oxygen atoms in total. The largest absolute Gasteiger partial charge is 0.353 e. The molecule has 0 radical (unpaired) electrons. The molecular formula is C5H14N2O2S. The predicted octanol–water partition coefficient (Wildman–Crippen LogP) is -0.459. The van der Waals surface area contributed by atoms with E-state index in [0.29, 0.717) is 13.2 Å². The second kappa shape index (κ2) is 7.30. The average Bonchev–Trinajstić information content (AvgIpc) is 1.98. The van der Waals surface area contributed by atoms with Gasteiger partial charge in [-0.1, -0.05) is 0 Å². The lowest BCUT2D eigenvalue weighted by Gasteiger charge is -2.07. The summed E-state index contributed by atoms with van der Waals surface area (Å²) in [5.41, 5.74) is 10.7. The Kier molecular flexibility index (Phi) is 7.44. The van der Waals surface area contributed by atoms with Crippen LogP contribution in [0.5, 0.6) is 0 Å². The van der Waals surface area contributed by atoms with Gasteiger partial charge in [-0.25, -0.2) is 0 Å². The van der Waals surface area contributed by atoms with Gasteiger partial charge in [0.15, 0.2) is 6.79 Å². The van der Waals surface area contributed by atoms with E-state index in [1.165, 1.54) is 12.0 Å². The van der Waals surface area contributed by atoms with Crippen LogP contribution in [0.25, 0.3) is 0 Å². The minimum Gasteiger partial charge on any atom is -0.353 e. The van der Waals surface area contributed by atoms with Gasteiger partial charge in [0.25, 0.3) is 0 Å². The van der Waals surface area contributed by atoms with Gasteiger partial charge in [0, 0.05) is 18.8 Å². The highest BCUT2D eigenvalue weighted by atomic mass is 32.2. The fourth-order valence-corrected chi connectivity index (χ4v) is 0.514. The molecule has 0 fully saturated rings. The molecule has 0 spiro atoms. The molecular weight excluding hydrogens is 152 g/mol. The molecule has 0 bridgehead atoms. The van der Waals surface area contributed by atoms with Crippen LogP contribution in [-0.4, -0.2) is 32.2 Å². The van der Waals surface area contributed by atoms with Crippen LogP contribution in [0, 0.1) is 0 Å². The number of hydrogen-bond acceptors (Lipinski definition) is 5. The summed E-state index contributed by atoms with van der Waals surface area (Å²) in [6, 6.07) is -0.0783. The van der Waals surface area contributed by atoms with Crippen LogP contribution < -0.4 is 11.5 Å². The number of hydrogen-bond donors (Lipinski definition) is 2. The fourth-order valence-electron chi connectivity index (χ4n) is 0.350. The summed E-state index contributed by atoms with van der Waals surface area (Å²) in [4.78, 5) is 0. The van der Waals surface area contributed by atoms with Gasteiger partial charge in [0.05, 0.1) is 6.61 Å². The zero-order valence-electron chi connectivity index (χ0n) is 6.08. The van der Waals surface area contributed by atoms with Gasteiger partial charge in [0.2, 0.25) is 0 Å². The van der Waals surface area contributed by atoms with E-state index in [1.54, 1.807) is 0 Å². The lowest BCUT2D eigenvalue weighted by atomic mass is 10.3. The maximum atomic E-state index is 5.44. The van der Waals surface area contributed by atoms with Gasteiger partial charge in [-0.3, -0.25) is 4.18 Å². The molecule has 0 rings (SSSR count). The van der Waals surface area contributed by atoms with Crippen molar-refractivity contribution in [2.45, 2.75) is 6.04 Å². The smallest absolute Gasteiger partial charge is 0.160 e. The molecule has 0 aromatic heterocycles. The first-order valence-electron chi connectivity index (χ1n) is 3.00. The third-order valence-electron chi connectivity index (χ3n) is 0.884. The lowest BCUT2D eigenvalue weighted by Crippen LogP contribution is -2.34. The maximum Gasteiger partial charge on any atom is 0.160 e. The van der Waals surface area contributed by atoms with Crippen molar-refractivity contribution in [3.8, 4) is 0 Å². The lowest BCUT2D eigenvalue weighted by molar-refractivity contribution is 0.0221. The molecule has 4 N–H and O–H groups in total. The third-order valence-corrected chi connectivity index (χ3v) is 1.22. The second-order valence-corrected chi connectivity index (χ2v) is 2.34. The summed E-state index contributed by atoms with van der Waals surface area (Å²) >= 11 is 1.26. The summed E-state index contributed by atoms with van der Waals surface area (Å²) in [6.45, 7) is 1.17. The average molecular weight is 166 g/mol. The quantitative estimate of drug-likeness (QED) is 0.317. The third kappa shape index (κ3) is 6.31. The topological polar surface area (TPSA) is 70.5 Å². The molecule has 0 aromatic rings. The monoisotopic (exact) mass is 166 g/mol. The number of rotatable bonds is 6. The highest BCUT2D eigenvalue weighted by molar-refractivity contribution is 7.93. The summed E-state index contributed by atoms with van der Waals surface area (Å²) in [5, 5.41) is 0. The van der Waals surface area contributed by atoms with Crippen molar-refractivity contribution in [3.05, 3.63) is 0 Å². The molecule has 1 atom stereocenters. The van der Waals surface area contributed by atoms with Crippen molar-refractivity contribution in [1.29, 1.82) is 0 Å². The van der Waals surface area contributed by atoms with E-state index < -0.39 is 0 Å². The van der Waals surface area contributed by atoms with Crippen LogP contribution in [0.4, 0.5) is 0 Å². The summed E-state index contributed by atoms with van der Waals surface area (Å²) in [6.07, 6.45) is 1.83. The fraction of sp³-hybridized carbons (Fsp3) is 1.00. The Balaban J connectivity index is 2.89. The number of ether oxygens (including phenoxy) is 1. The Hall–Kier alpha value is 0.190. The van der Waals surface area contributed by atoms with Gasteiger partial charge in [-0.15, -0.1) is 0 Å². The zero-order valence-corrected chi connectivity index (χ0v) is 6.89. The molecule has 0 aliphatic rings. The van der Waals surface area contributed by atoms with Crippen molar-refractivity contribution >= 4 is 12.0 Å². The van der Waals surface area contributed by atoms with Crippen LogP contribution in [0.1, 0.15) is 0 Å². The summed E-state index contributed by atoms with van der Waals surface area (Å²) < 4.78 is 9.81. The van der Waals surface area contributed by atoms with E-state index in [1.807, 2.05) is 6.26 Å². The Morgan fingerprint density at radius 2 is 2.30 bits per heavy atom. The first kappa shape index (κ1) is 10.2. The normalized spacial score (nSPS) is 13.5. The Morgan fingerprint density at radius 1 is 1.60 bits per heavy atom. The van der Waals surface area contributed by atoms with Crippen molar-refractivity contribution in [2.24, 2.45) is 11.5 Å². The molecule has 0 aromatic carbocycles. The van der Waals surface area contributed by atoms with Crippen LogP contribution in [0.15, 0.2) is 0 Å². The molecule has 0 aliphatic carbocycles. The summed E-state index contributed by atoms with van der Waals surface area (Å²) in [5.74, 6) is 0. The molecule has 0 heterocycles. The number of nitrogens with two attached hydrogens (primary N) is 2. The standard InChI is InChI=1S/C5H14N2O2S/c1-10-9-4-8-3-5(7)2-6/h5H,2-4,6-7H2,1H3. The van der Waals surface area contributed by atoms with Gasteiger partial charge in [-0.2, -0.15) is 0 Å². The van der Waals surface area contributed by atoms with Gasteiger partial charge >= 0.3 is 0 Å². The zero-order chi connectivity index (χ0) is 7.82. The van der Waals surface area contributed by atoms with Crippen LogP contribution >= 0.6 is 12.0 Å². The van der Waals surface area contributed by atoms with Crippen molar-refractivity contribution < 1.29 is 8.92 Å². The Labute approximate surface area is 65.4 Å². The Bertz CT molecular complexity index is 74.7. The minimum absolute atomic E-state index is 0.0783. The molecule has 0 saturated heterocycles. The van der Waals surface area contributed by atoms with Crippen molar-refractivity contribution in [1.82, 2.24) is 0 Å². The first-order chi connectivity index (χ1) is 4.81. The molecule has 0 aliphatic heterocycles. The first-order valence-corrected chi connectivity index (χ1v) is 4.15. The molecule has 0 amide bonds. The van der Waals surface area contributed by atoms with E-state index >= 15 is 0 Å². The molecule has 5 heteroatoms. The van der Waals surface area contributed by atoms with Gasteiger partial charge in [0.1, 0.15) is 0 Å². The molecule has 0 saturated carbocycles. The summed E-state index contributed by atoms with van der Waals surface area (Å²) in [7, 11) is 0. The Morgan fingerprint density at radius 3 is 2.80 bits per heavy atom. The molecule has 62 valence electrons. The van der Waals surface area contributed by atoms with Gasteiger partial charge in [-0.05, 0) is 12.0 Å². The second-order valence-electron chi connectivity index (χ2n) is 1.77. The van der Waals surface area contributed by atoms with Crippen molar-refractivity contribution in [2.75, 3.05) is 26.2 Å². The highest BCUT2D eigenvalue weighted by Gasteiger charge is 1.97. The van der Waals surface area contributed by atoms with E-state index in [-0.39, 0.29) is 12.8 Å². The van der Waals surface area contributed by atoms with Crippen LogP contribution in [0.2, 0.25) is 0 Å². The van der Waals surface area contributed by atoms with Crippen molar-refractivity contribution in [3.63, 3.8) is 0 Å². The van der Waals surface area contributed by atoms with E-state index in [4.69, 9.17) is 20.4 Å². The van der Waals surface area contributed by atoms with E-state index in [9.17, 15) is 0 Å². The highest BCUT2D eigenvalue weighted by Crippen LogP contribution is 1.93. The predicted molar refractivity (Wildman–Crippen MR) is 42.4 cm³/mol. The van der Waals surface area contributed by atoms with Gasteiger partial charge < -0.3 is 16.2 Å². The SMILES string of the molecule is CSOCOCC(N)CN. The van der Waals surface area contributed by atoms with E-state index in [0.717, 1.165) is 0 Å². The van der Waals surface area contributed by atoms with Crippen LogP contribution in [0.3, 0.4) is 0 Å². The maximum absolute atomic E-state index is 5.44. The molecule has 10 heavy (non-hydrogen) atoms. The minimum atomic E-state index is -0.0783. The van der Waals surface area contributed by atoms with E-state index in [2.05, 4.69) is 0 Å². The molecule has 1 unspecified atom stereocenters.